The zero-order valence-corrected chi connectivity index (χ0v) is 25.0. The van der Waals surface area contributed by atoms with Crippen LogP contribution in [0.2, 0.25) is 0 Å². The number of likely N-dealkylation sites (N-methyl/N-ethyl adjacent to an activating group) is 1. The SMILES string of the molecule is CC1=C(P2(=O)OCC(C)(C)CO2)C(c2ccccc2C(F)(F)F)C(C(=O)[O-])C(C)(C(C)N(C)Cc2ccccc2)N1. The highest BCUT2D eigenvalue weighted by Gasteiger charge is 2.57. The molecule has 2 aliphatic heterocycles. The fourth-order valence-electron chi connectivity index (χ4n) is 5.96. The van der Waals surface area contributed by atoms with Crippen LogP contribution in [0, 0.1) is 11.3 Å². The van der Waals surface area contributed by atoms with Gasteiger partial charge < -0.3 is 24.3 Å². The van der Waals surface area contributed by atoms with Gasteiger partial charge in [-0.15, -0.1) is 0 Å². The number of alkyl halides is 3. The van der Waals surface area contributed by atoms with Gasteiger partial charge in [-0.25, -0.2) is 0 Å². The molecule has 4 atom stereocenters. The van der Waals surface area contributed by atoms with Gasteiger partial charge >= 0.3 is 13.8 Å². The largest absolute Gasteiger partial charge is 0.550 e. The van der Waals surface area contributed by atoms with Gasteiger partial charge in [-0.05, 0) is 45.0 Å². The van der Waals surface area contributed by atoms with E-state index in [0.29, 0.717) is 6.54 Å². The number of nitrogens with one attached hydrogen (secondary N) is 1. The molecule has 2 aromatic rings. The van der Waals surface area contributed by atoms with Gasteiger partial charge in [-0.3, -0.25) is 9.46 Å². The van der Waals surface area contributed by atoms with Crippen LogP contribution in [-0.2, 0) is 31.1 Å². The number of carboxylic acids is 1. The maximum absolute atomic E-state index is 14.4. The molecule has 1 N–H and O–H groups in total. The summed E-state index contributed by atoms with van der Waals surface area (Å²) in [7, 11) is -2.39. The van der Waals surface area contributed by atoms with Crippen LogP contribution in [0.5, 0.6) is 0 Å². The quantitative estimate of drug-likeness (QED) is 0.422. The van der Waals surface area contributed by atoms with E-state index < -0.39 is 54.1 Å². The summed E-state index contributed by atoms with van der Waals surface area (Å²) >= 11 is 0. The van der Waals surface area contributed by atoms with Gasteiger partial charge in [0.25, 0.3) is 0 Å². The van der Waals surface area contributed by atoms with E-state index in [0.717, 1.165) is 11.6 Å². The summed E-state index contributed by atoms with van der Waals surface area (Å²) in [6.07, 6.45) is -4.80. The Labute approximate surface area is 239 Å². The fourth-order valence-corrected chi connectivity index (χ4v) is 8.45. The van der Waals surface area contributed by atoms with Crippen molar-refractivity contribution in [2.24, 2.45) is 11.3 Å². The first-order valence-electron chi connectivity index (χ1n) is 13.5. The maximum atomic E-state index is 14.4. The van der Waals surface area contributed by atoms with Gasteiger partial charge in [-0.2, -0.15) is 13.2 Å². The zero-order valence-electron chi connectivity index (χ0n) is 24.1. The van der Waals surface area contributed by atoms with Gasteiger partial charge in [0, 0.05) is 41.5 Å². The van der Waals surface area contributed by atoms with E-state index in [9.17, 15) is 27.6 Å². The lowest BCUT2D eigenvalue weighted by atomic mass is 9.67. The molecule has 1 saturated heterocycles. The number of hydrogen-bond acceptors (Lipinski definition) is 7. The zero-order chi connectivity index (χ0) is 30.4. The van der Waals surface area contributed by atoms with Crippen molar-refractivity contribution in [3.05, 3.63) is 82.3 Å². The summed E-state index contributed by atoms with van der Waals surface area (Å²) in [5, 5.41) is 16.2. The highest BCUT2D eigenvalue weighted by Crippen LogP contribution is 2.68. The number of aliphatic carboxylic acids is 1. The average molecular weight is 594 g/mol. The van der Waals surface area contributed by atoms with Crippen molar-refractivity contribution < 1.29 is 36.7 Å². The number of carbonyl (C=O) groups is 1. The Balaban J connectivity index is 1.92. The first-order chi connectivity index (χ1) is 19.0. The summed E-state index contributed by atoms with van der Waals surface area (Å²) in [5.74, 6) is -4.66. The highest BCUT2D eigenvalue weighted by molar-refractivity contribution is 7.58. The van der Waals surface area contributed by atoms with Gasteiger partial charge in [0.2, 0.25) is 0 Å². The molecule has 4 unspecified atom stereocenters. The van der Waals surface area contributed by atoms with E-state index >= 15 is 0 Å². The molecule has 0 amide bonds. The molecule has 7 nitrogen and oxygen atoms in total. The van der Waals surface area contributed by atoms with Crippen LogP contribution < -0.4 is 10.4 Å². The Morgan fingerprint density at radius 2 is 1.66 bits per heavy atom. The van der Waals surface area contributed by atoms with Crippen molar-refractivity contribution in [3.8, 4) is 0 Å². The topological polar surface area (TPSA) is 90.9 Å². The van der Waals surface area contributed by atoms with Crippen molar-refractivity contribution in [1.82, 2.24) is 10.2 Å². The van der Waals surface area contributed by atoms with Crippen LogP contribution in [0.25, 0.3) is 0 Å². The first kappa shape index (κ1) is 31.3. The molecule has 1 fully saturated rings. The standard InChI is InChI=1S/C30H38F3N2O5P/c1-19-26(41(38)39-17-28(3,4)18-40-41)24(22-14-10-11-15-23(22)30(31,32)33)25(27(36)37)29(5,34-19)20(2)35(6)16-21-12-8-7-9-13-21/h7-15,20,24-25,34H,16-18H2,1-6H3,(H,36,37)/p-1. The molecular formula is C30H37F3N2O5P-. The second kappa shape index (κ2) is 11.2. The lowest BCUT2D eigenvalue weighted by Gasteiger charge is -2.54. The molecule has 11 heteroatoms. The number of allylic oxidation sites excluding steroid dienone is 2. The number of rotatable bonds is 7. The summed E-state index contributed by atoms with van der Waals surface area (Å²) in [6.45, 7) is 9.25. The number of carbonyl (C=O) groups excluding carboxylic acids is 1. The molecule has 224 valence electrons. The van der Waals surface area contributed by atoms with E-state index in [2.05, 4.69) is 5.32 Å². The monoisotopic (exact) mass is 593 g/mol. The predicted molar refractivity (Wildman–Crippen MR) is 148 cm³/mol. The van der Waals surface area contributed by atoms with E-state index in [1.54, 1.807) is 13.8 Å². The predicted octanol–water partition coefficient (Wildman–Crippen LogP) is 5.54. The van der Waals surface area contributed by atoms with Crippen molar-refractivity contribution >= 4 is 13.6 Å². The number of benzene rings is 2. The molecule has 41 heavy (non-hydrogen) atoms. The molecule has 2 heterocycles. The number of nitrogens with zero attached hydrogens (tertiary/aromatic N) is 1. The van der Waals surface area contributed by atoms with E-state index in [4.69, 9.17) is 9.05 Å². The normalized spacial score (nSPS) is 26.9. The van der Waals surface area contributed by atoms with Crippen LogP contribution in [0.15, 0.2) is 65.6 Å². The Hall–Kier alpha value is -2.65. The van der Waals surface area contributed by atoms with E-state index in [1.807, 2.05) is 63.1 Å². The minimum Gasteiger partial charge on any atom is -0.550 e. The van der Waals surface area contributed by atoms with Gasteiger partial charge in [0.15, 0.2) is 0 Å². The molecule has 4 rings (SSSR count). The third-order valence-corrected chi connectivity index (χ3v) is 10.5. The number of halogens is 3. The van der Waals surface area contributed by atoms with Crippen molar-refractivity contribution in [2.75, 3.05) is 20.3 Å². The Morgan fingerprint density at radius 1 is 1.10 bits per heavy atom. The third-order valence-electron chi connectivity index (χ3n) is 8.32. The minimum atomic E-state index is -4.80. The van der Waals surface area contributed by atoms with Gasteiger partial charge in [0.1, 0.15) is 0 Å². The third kappa shape index (κ3) is 6.12. The molecule has 0 spiro atoms. The smallest absolute Gasteiger partial charge is 0.416 e. The number of hydrogen-bond donors (Lipinski definition) is 1. The van der Waals surface area contributed by atoms with Crippen LogP contribution in [0.1, 0.15) is 57.2 Å². The summed E-state index contributed by atoms with van der Waals surface area (Å²) < 4.78 is 69.0. The molecule has 0 radical (unpaired) electrons. The van der Waals surface area contributed by atoms with Gasteiger partial charge in [0.05, 0.1) is 29.6 Å². The second-order valence-corrected chi connectivity index (χ2v) is 14.1. The summed E-state index contributed by atoms with van der Waals surface area (Å²) in [5.41, 5.74) is -1.93. The molecule has 0 saturated carbocycles. The number of carboxylic acid groups (broad SMARTS) is 1. The molecule has 2 aromatic carbocycles. The highest BCUT2D eigenvalue weighted by atomic mass is 31.2. The molecule has 0 aromatic heterocycles. The van der Waals surface area contributed by atoms with Crippen molar-refractivity contribution in [1.29, 1.82) is 0 Å². The van der Waals surface area contributed by atoms with Crippen LogP contribution in [0.3, 0.4) is 0 Å². The minimum absolute atomic E-state index is 0.0260. The first-order valence-corrected chi connectivity index (χ1v) is 15.0. The fraction of sp³-hybridized carbons (Fsp3) is 0.500. The summed E-state index contributed by atoms with van der Waals surface area (Å²) in [6, 6.07) is 13.8. The van der Waals surface area contributed by atoms with Crippen molar-refractivity contribution in [2.45, 2.75) is 64.8 Å². The Kier molecular flexibility index (Phi) is 8.56. The second-order valence-electron chi connectivity index (χ2n) is 12.1. The van der Waals surface area contributed by atoms with Gasteiger partial charge in [-0.1, -0.05) is 62.4 Å². The van der Waals surface area contributed by atoms with Crippen LogP contribution >= 0.6 is 7.60 Å². The Bertz CT molecular complexity index is 1350. The molecule has 0 aliphatic carbocycles. The lowest BCUT2D eigenvalue weighted by molar-refractivity contribution is -0.315. The Morgan fingerprint density at radius 3 is 2.22 bits per heavy atom. The molecule has 2 aliphatic rings. The van der Waals surface area contributed by atoms with Crippen LogP contribution in [0.4, 0.5) is 13.2 Å². The maximum Gasteiger partial charge on any atom is 0.416 e. The molecular weight excluding hydrogens is 556 g/mol. The van der Waals surface area contributed by atoms with Crippen LogP contribution in [-0.4, -0.2) is 42.7 Å². The average Bonchev–Trinajstić information content (AvgIpc) is 2.89. The molecule has 0 bridgehead atoms. The summed E-state index contributed by atoms with van der Waals surface area (Å²) in [4.78, 5) is 15.0. The van der Waals surface area contributed by atoms with Crippen molar-refractivity contribution in [3.63, 3.8) is 0 Å². The van der Waals surface area contributed by atoms with E-state index in [-0.39, 0.29) is 29.8 Å². The lowest BCUT2D eigenvalue weighted by Crippen LogP contribution is -2.67. The van der Waals surface area contributed by atoms with E-state index in [1.165, 1.54) is 18.2 Å².